The molecule has 1 N–H and O–H groups in total. The molecule has 60 valence electrons. The van der Waals surface area contributed by atoms with Crippen LogP contribution in [0.5, 0.6) is 0 Å². The lowest BCUT2D eigenvalue weighted by Gasteiger charge is -1.82. The average molecular weight is 163 g/mol. The van der Waals surface area contributed by atoms with E-state index < -0.39 is 5.97 Å². The molecule has 0 bridgehead atoms. The zero-order valence-corrected chi connectivity index (χ0v) is 6.02. The Kier molecular flexibility index (Phi) is 1.33. The van der Waals surface area contributed by atoms with E-state index in [-0.39, 0.29) is 5.76 Å². The summed E-state index contributed by atoms with van der Waals surface area (Å²) in [4.78, 5) is 14.4. The van der Waals surface area contributed by atoms with Crippen molar-refractivity contribution in [1.29, 1.82) is 0 Å². The first-order valence-electron chi connectivity index (χ1n) is 3.35. The van der Waals surface area contributed by atoms with Crippen molar-refractivity contribution < 1.29 is 14.3 Å². The molecule has 2 aromatic heterocycles. The molecule has 0 aliphatic carbocycles. The molecule has 2 heterocycles. The van der Waals surface area contributed by atoms with Gasteiger partial charge in [-0.25, -0.2) is 4.79 Å². The van der Waals surface area contributed by atoms with Gasteiger partial charge in [0.2, 0.25) is 5.76 Å². The van der Waals surface area contributed by atoms with E-state index in [0.717, 1.165) is 0 Å². The largest absolute Gasteiger partial charge is 0.475 e. The lowest BCUT2D eigenvalue weighted by molar-refractivity contribution is 0.0665. The monoisotopic (exact) mass is 163 g/mol. The minimum Gasteiger partial charge on any atom is -0.475 e. The Balaban J connectivity index is 2.70. The number of rotatable bonds is 1. The molecule has 4 nitrogen and oxygen atoms in total. The molecule has 0 aromatic carbocycles. The molecule has 0 fully saturated rings. The van der Waals surface area contributed by atoms with E-state index >= 15 is 0 Å². The lowest BCUT2D eigenvalue weighted by atomic mass is 10.4. The molecule has 0 aliphatic rings. The summed E-state index contributed by atoms with van der Waals surface area (Å²) >= 11 is 0. The van der Waals surface area contributed by atoms with Gasteiger partial charge in [0.1, 0.15) is 5.52 Å². The standard InChI is InChI=1S/C8H5NO3/c10-8(11)7-4-5-6(12-7)2-1-3-9-5/h1-4H,(H,10,11). The Hall–Kier alpha value is -1.84. The summed E-state index contributed by atoms with van der Waals surface area (Å²) in [5, 5.41) is 8.56. The van der Waals surface area contributed by atoms with Crippen molar-refractivity contribution >= 4 is 17.1 Å². The van der Waals surface area contributed by atoms with Crippen molar-refractivity contribution in [2.24, 2.45) is 0 Å². The molecule has 2 aromatic rings. The number of aromatic nitrogens is 1. The van der Waals surface area contributed by atoms with Crippen LogP contribution in [-0.4, -0.2) is 16.1 Å². The Labute approximate surface area is 67.4 Å². The number of carboxylic acids is 1. The fraction of sp³-hybridized carbons (Fsp3) is 0. The molecule has 12 heavy (non-hydrogen) atoms. The molecule has 0 saturated carbocycles. The van der Waals surface area contributed by atoms with E-state index in [0.29, 0.717) is 11.1 Å². The van der Waals surface area contributed by atoms with Crippen LogP contribution in [0.1, 0.15) is 10.6 Å². The average Bonchev–Trinajstić information content (AvgIpc) is 2.46. The topological polar surface area (TPSA) is 63.3 Å². The zero-order valence-electron chi connectivity index (χ0n) is 6.02. The van der Waals surface area contributed by atoms with Crippen molar-refractivity contribution in [3.8, 4) is 0 Å². The number of aromatic carboxylic acids is 1. The Bertz CT molecular complexity index is 400. The smallest absolute Gasteiger partial charge is 0.371 e. The Morgan fingerprint density at radius 1 is 1.58 bits per heavy atom. The van der Waals surface area contributed by atoms with Gasteiger partial charge in [0.05, 0.1) is 0 Å². The molecule has 4 heteroatoms. The Morgan fingerprint density at radius 3 is 3.08 bits per heavy atom. The molecule has 0 aliphatic heterocycles. The SMILES string of the molecule is O=C(O)c1cc2ncccc2o1. The van der Waals surface area contributed by atoms with Gasteiger partial charge in [0, 0.05) is 12.3 Å². The summed E-state index contributed by atoms with van der Waals surface area (Å²) in [7, 11) is 0. The van der Waals surface area contributed by atoms with Gasteiger partial charge in [-0.05, 0) is 12.1 Å². The molecular formula is C8H5NO3. The van der Waals surface area contributed by atoms with Gasteiger partial charge in [-0.2, -0.15) is 0 Å². The lowest BCUT2D eigenvalue weighted by Crippen LogP contribution is -1.91. The first-order valence-corrected chi connectivity index (χ1v) is 3.35. The Morgan fingerprint density at radius 2 is 2.42 bits per heavy atom. The molecular weight excluding hydrogens is 158 g/mol. The second kappa shape index (κ2) is 2.34. The predicted octanol–water partition coefficient (Wildman–Crippen LogP) is 1.53. The molecule has 2 rings (SSSR count). The molecule has 0 saturated heterocycles. The zero-order chi connectivity index (χ0) is 8.55. The minimum absolute atomic E-state index is 0.0799. The third-order valence-corrected chi connectivity index (χ3v) is 1.50. The number of hydrogen-bond donors (Lipinski definition) is 1. The van der Waals surface area contributed by atoms with Crippen LogP contribution in [0.4, 0.5) is 0 Å². The van der Waals surface area contributed by atoms with Gasteiger partial charge in [-0.3, -0.25) is 4.98 Å². The van der Waals surface area contributed by atoms with E-state index in [1.165, 1.54) is 6.07 Å². The minimum atomic E-state index is -1.08. The van der Waals surface area contributed by atoms with Gasteiger partial charge in [0.25, 0.3) is 0 Å². The molecule has 0 unspecified atom stereocenters. The van der Waals surface area contributed by atoms with E-state index in [9.17, 15) is 4.79 Å². The number of nitrogens with zero attached hydrogens (tertiary/aromatic N) is 1. The summed E-state index contributed by atoms with van der Waals surface area (Å²) in [5.74, 6) is -1.16. The van der Waals surface area contributed by atoms with Crippen LogP contribution >= 0.6 is 0 Å². The van der Waals surface area contributed by atoms with Gasteiger partial charge in [0.15, 0.2) is 5.58 Å². The predicted molar refractivity (Wildman–Crippen MR) is 41.0 cm³/mol. The normalized spacial score (nSPS) is 10.3. The summed E-state index contributed by atoms with van der Waals surface area (Å²) in [6.07, 6.45) is 1.59. The fourth-order valence-corrected chi connectivity index (χ4v) is 0.975. The summed E-state index contributed by atoms with van der Waals surface area (Å²) in [6.45, 7) is 0. The van der Waals surface area contributed by atoms with Gasteiger partial charge < -0.3 is 9.52 Å². The van der Waals surface area contributed by atoms with Crippen molar-refractivity contribution in [1.82, 2.24) is 4.98 Å². The van der Waals surface area contributed by atoms with Crippen molar-refractivity contribution in [3.05, 3.63) is 30.2 Å². The highest BCUT2D eigenvalue weighted by atomic mass is 16.4. The number of fused-ring (bicyclic) bond motifs is 1. The number of carbonyl (C=O) groups is 1. The number of hydrogen-bond acceptors (Lipinski definition) is 3. The van der Waals surface area contributed by atoms with Crippen molar-refractivity contribution in [2.45, 2.75) is 0 Å². The second-order valence-corrected chi connectivity index (χ2v) is 2.30. The van der Waals surface area contributed by atoms with Crippen LogP contribution in [0.2, 0.25) is 0 Å². The molecule has 0 spiro atoms. The molecule has 0 radical (unpaired) electrons. The van der Waals surface area contributed by atoms with Crippen LogP contribution in [0, 0.1) is 0 Å². The van der Waals surface area contributed by atoms with E-state index in [1.807, 2.05) is 0 Å². The number of carboxylic acid groups (broad SMARTS) is 1. The van der Waals surface area contributed by atoms with Gasteiger partial charge >= 0.3 is 5.97 Å². The maximum atomic E-state index is 10.4. The van der Waals surface area contributed by atoms with Crippen LogP contribution in [0.25, 0.3) is 11.1 Å². The molecule has 0 amide bonds. The highest BCUT2D eigenvalue weighted by Crippen LogP contribution is 2.15. The van der Waals surface area contributed by atoms with Gasteiger partial charge in [-0.1, -0.05) is 0 Å². The summed E-state index contributed by atoms with van der Waals surface area (Å²) in [5.41, 5.74) is 1.06. The third kappa shape index (κ3) is 0.934. The van der Waals surface area contributed by atoms with Gasteiger partial charge in [-0.15, -0.1) is 0 Å². The van der Waals surface area contributed by atoms with Crippen LogP contribution in [-0.2, 0) is 0 Å². The maximum absolute atomic E-state index is 10.4. The highest BCUT2D eigenvalue weighted by molar-refractivity contribution is 5.89. The first kappa shape index (κ1) is 6.84. The van der Waals surface area contributed by atoms with E-state index in [1.54, 1.807) is 18.3 Å². The number of furan rings is 1. The quantitative estimate of drug-likeness (QED) is 0.692. The van der Waals surface area contributed by atoms with E-state index in [4.69, 9.17) is 9.52 Å². The number of pyridine rings is 1. The fourth-order valence-electron chi connectivity index (χ4n) is 0.975. The maximum Gasteiger partial charge on any atom is 0.371 e. The van der Waals surface area contributed by atoms with Crippen molar-refractivity contribution in [3.63, 3.8) is 0 Å². The third-order valence-electron chi connectivity index (χ3n) is 1.50. The van der Waals surface area contributed by atoms with Crippen LogP contribution < -0.4 is 0 Å². The summed E-state index contributed by atoms with van der Waals surface area (Å²) < 4.78 is 4.97. The summed E-state index contributed by atoms with van der Waals surface area (Å²) in [6, 6.07) is 4.77. The molecule has 0 atom stereocenters. The van der Waals surface area contributed by atoms with Crippen molar-refractivity contribution in [2.75, 3.05) is 0 Å². The van der Waals surface area contributed by atoms with Crippen LogP contribution in [0.3, 0.4) is 0 Å². The first-order chi connectivity index (χ1) is 5.77. The second-order valence-electron chi connectivity index (χ2n) is 2.30. The highest BCUT2D eigenvalue weighted by Gasteiger charge is 2.09. The van der Waals surface area contributed by atoms with E-state index in [2.05, 4.69) is 4.98 Å². The van der Waals surface area contributed by atoms with Crippen LogP contribution in [0.15, 0.2) is 28.8 Å².